The molecule has 0 unspecified atom stereocenters. The summed E-state index contributed by atoms with van der Waals surface area (Å²) in [5.41, 5.74) is 3.47. The van der Waals surface area contributed by atoms with Crippen LogP contribution in [-0.4, -0.2) is 39.0 Å². The van der Waals surface area contributed by atoms with Crippen LogP contribution in [0.1, 0.15) is 5.69 Å². The minimum Gasteiger partial charge on any atom is -0.376 e. The van der Waals surface area contributed by atoms with E-state index in [0.717, 1.165) is 34.5 Å². The molecule has 0 saturated carbocycles. The Kier molecular flexibility index (Phi) is 7.20. The summed E-state index contributed by atoms with van der Waals surface area (Å²) in [6, 6.07) is 5.46. The quantitative estimate of drug-likeness (QED) is 0.259. The highest BCUT2D eigenvalue weighted by atomic mass is 127. The van der Waals surface area contributed by atoms with Crippen LogP contribution in [0.25, 0.3) is 11.3 Å². The molecular weight excluding hydrogens is 735 g/mol. The molecule has 14 heteroatoms. The third-order valence-corrected chi connectivity index (χ3v) is 6.55. The molecule has 5 heterocycles. The second-order valence-electron chi connectivity index (χ2n) is 6.13. The van der Waals surface area contributed by atoms with Gasteiger partial charge in [-0.15, -0.1) is 0 Å². The molecule has 5 aromatic heterocycles. The molecule has 0 aliphatic rings. The van der Waals surface area contributed by atoms with Crippen molar-refractivity contribution in [1.82, 2.24) is 39.0 Å². The summed E-state index contributed by atoms with van der Waals surface area (Å²) in [5, 5.41) is 16.6. The van der Waals surface area contributed by atoms with Crippen LogP contribution in [0.5, 0.6) is 0 Å². The Balaban J connectivity index is 0.000000166. The van der Waals surface area contributed by atoms with Gasteiger partial charge >= 0.3 is 0 Å². The fraction of sp³-hybridized carbons (Fsp3) is 0.118. The van der Waals surface area contributed by atoms with Gasteiger partial charge in [0, 0.05) is 19.3 Å². The molecule has 160 valence electrons. The van der Waals surface area contributed by atoms with Gasteiger partial charge in [0.15, 0.2) is 21.6 Å². The van der Waals surface area contributed by atoms with E-state index in [0.29, 0.717) is 16.9 Å². The van der Waals surface area contributed by atoms with Crippen LogP contribution >= 0.6 is 84.3 Å². The third kappa shape index (κ3) is 5.07. The van der Waals surface area contributed by atoms with Crippen molar-refractivity contribution < 1.29 is 0 Å². The highest BCUT2D eigenvalue weighted by molar-refractivity contribution is 14.1. The van der Waals surface area contributed by atoms with Crippen LogP contribution in [0.2, 0.25) is 10.3 Å². The molecule has 0 aliphatic heterocycles. The number of hydrogen-bond donors (Lipinski definition) is 1. The lowest BCUT2D eigenvalue weighted by Gasteiger charge is -2.08. The number of halogens is 5. The number of nitrogens with zero attached hydrogens (tertiary/aromatic N) is 8. The Morgan fingerprint density at radius 1 is 1.00 bits per heavy atom. The maximum absolute atomic E-state index is 6.02. The van der Waals surface area contributed by atoms with Crippen LogP contribution in [0.15, 0.2) is 41.3 Å². The zero-order valence-corrected chi connectivity index (χ0v) is 23.1. The number of hydrogen-bond acceptors (Lipinski definition) is 6. The van der Waals surface area contributed by atoms with E-state index >= 15 is 0 Å². The molecular formula is C17H12BrCl2I2N9. The zero-order chi connectivity index (χ0) is 22.1. The van der Waals surface area contributed by atoms with E-state index in [-0.39, 0.29) is 0 Å². The van der Waals surface area contributed by atoms with Crippen LogP contribution in [-0.2, 0) is 13.6 Å². The van der Waals surface area contributed by atoms with Gasteiger partial charge in [0.25, 0.3) is 0 Å². The van der Waals surface area contributed by atoms with Gasteiger partial charge < -0.3 is 5.32 Å². The van der Waals surface area contributed by atoms with Crippen LogP contribution in [0.4, 0.5) is 5.69 Å². The third-order valence-electron chi connectivity index (χ3n) is 4.13. The van der Waals surface area contributed by atoms with Crippen molar-refractivity contribution in [2.45, 2.75) is 6.54 Å². The average Bonchev–Trinajstić information content (AvgIpc) is 3.41. The highest BCUT2D eigenvalue weighted by Gasteiger charge is 2.10. The van der Waals surface area contributed by atoms with Gasteiger partial charge in [-0.1, -0.05) is 23.2 Å². The Bertz CT molecular complexity index is 1380. The molecule has 0 saturated heterocycles. The van der Waals surface area contributed by atoms with E-state index in [2.05, 4.69) is 91.7 Å². The average molecular weight is 747 g/mol. The molecule has 0 radical (unpaired) electrons. The maximum Gasteiger partial charge on any atom is 0.178 e. The summed E-state index contributed by atoms with van der Waals surface area (Å²) < 4.78 is 7.93. The predicted octanol–water partition coefficient (Wildman–Crippen LogP) is 5.08. The molecule has 5 aromatic rings. The van der Waals surface area contributed by atoms with Crippen molar-refractivity contribution in [1.29, 1.82) is 0 Å². The lowest BCUT2D eigenvalue weighted by atomic mass is 10.4. The fourth-order valence-electron chi connectivity index (χ4n) is 2.68. The first-order valence-electron chi connectivity index (χ1n) is 8.59. The van der Waals surface area contributed by atoms with Crippen molar-refractivity contribution in [3.8, 4) is 0 Å². The first kappa shape index (κ1) is 22.9. The molecule has 31 heavy (non-hydrogen) atoms. The smallest absolute Gasteiger partial charge is 0.178 e. The summed E-state index contributed by atoms with van der Waals surface area (Å²) in [6.45, 7) is 0.649. The lowest BCUT2D eigenvalue weighted by Crippen LogP contribution is -2.07. The van der Waals surface area contributed by atoms with Gasteiger partial charge in [-0.2, -0.15) is 15.3 Å². The molecule has 1 N–H and O–H groups in total. The Morgan fingerprint density at radius 3 is 2.26 bits per heavy atom. The summed E-state index contributed by atoms with van der Waals surface area (Å²) in [7, 11) is 1.91. The Labute approximate surface area is 221 Å². The van der Waals surface area contributed by atoms with E-state index in [4.69, 9.17) is 23.2 Å². The Hall–Kier alpha value is -1.23. The number of aryl methyl sites for hydroxylation is 1. The van der Waals surface area contributed by atoms with Crippen molar-refractivity contribution in [2.75, 3.05) is 5.32 Å². The predicted molar refractivity (Wildman–Crippen MR) is 140 cm³/mol. The molecule has 0 bridgehead atoms. The molecule has 0 spiro atoms. The molecule has 0 aromatic carbocycles. The Morgan fingerprint density at radius 2 is 1.61 bits per heavy atom. The van der Waals surface area contributed by atoms with Crippen LogP contribution in [0, 0.1) is 7.40 Å². The van der Waals surface area contributed by atoms with E-state index in [1.165, 1.54) is 0 Å². The number of fused-ring (bicyclic) bond motifs is 2. The van der Waals surface area contributed by atoms with Crippen molar-refractivity contribution in [3.63, 3.8) is 0 Å². The molecule has 9 nitrogen and oxygen atoms in total. The first-order chi connectivity index (χ1) is 14.8. The standard InChI is InChI=1S/C11H10ClIN6.C6H2BrClIN3/c1-18-7(2-3-16-18)5-14-8-4-9(12)17-19-10(13)6-15-11(8)19;7-3-1-4(8)11-12-5(9)2-10-6(3)12/h2-4,6,14H,5H2,1H3;1-2H. The monoisotopic (exact) mass is 745 g/mol. The van der Waals surface area contributed by atoms with Crippen LogP contribution in [0.3, 0.4) is 0 Å². The minimum absolute atomic E-state index is 0.427. The highest BCUT2D eigenvalue weighted by Crippen LogP contribution is 2.22. The van der Waals surface area contributed by atoms with Gasteiger partial charge in [0.05, 0.1) is 34.8 Å². The molecule has 0 aliphatic carbocycles. The van der Waals surface area contributed by atoms with Gasteiger partial charge in [0.2, 0.25) is 0 Å². The summed E-state index contributed by atoms with van der Waals surface area (Å²) in [6.07, 6.45) is 5.27. The normalized spacial score (nSPS) is 11.0. The van der Waals surface area contributed by atoms with E-state index in [1.807, 2.05) is 17.8 Å². The van der Waals surface area contributed by atoms with E-state index < -0.39 is 0 Å². The van der Waals surface area contributed by atoms with E-state index in [1.54, 1.807) is 39.8 Å². The molecule has 5 rings (SSSR count). The number of rotatable bonds is 3. The van der Waals surface area contributed by atoms with Gasteiger partial charge in [-0.25, -0.2) is 19.0 Å². The van der Waals surface area contributed by atoms with E-state index in [9.17, 15) is 0 Å². The minimum atomic E-state index is 0.427. The second-order valence-corrected chi connectivity index (χ2v) is 9.97. The summed E-state index contributed by atoms with van der Waals surface area (Å²) in [5.74, 6) is 0. The van der Waals surface area contributed by atoms with Crippen molar-refractivity contribution >= 4 is 101 Å². The second kappa shape index (κ2) is 9.72. The number of anilines is 1. The van der Waals surface area contributed by atoms with Gasteiger partial charge in [-0.3, -0.25) is 4.68 Å². The number of imidazole rings is 2. The zero-order valence-electron chi connectivity index (χ0n) is 15.6. The number of aromatic nitrogens is 8. The SMILES string of the molecule is Clc1cc(Br)c2ncc(I)n2n1.Cn1nccc1CNc1cc(Cl)nn2c(I)cnc12. The van der Waals surface area contributed by atoms with Crippen molar-refractivity contribution in [3.05, 3.63) is 64.7 Å². The first-order valence-corrected chi connectivity index (χ1v) is 12.3. The largest absolute Gasteiger partial charge is 0.376 e. The topological polar surface area (TPSA) is 90.2 Å². The summed E-state index contributed by atoms with van der Waals surface area (Å²) >= 11 is 19.4. The fourth-order valence-corrected chi connectivity index (χ4v) is 4.62. The van der Waals surface area contributed by atoms with Gasteiger partial charge in [-0.05, 0) is 73.2 Å². The summed E-state index contributed by atoms with van der Waals surface area (Å²) in [4.78, 5) is 8.48. The van der Waals surface area contributed by atoms with Crippen molar-refractivity contribution in [2.24, 2.45) is 7.05 Å². The molecule has 0 amide bonds. The number of nitrogens with one attached hydrogen (secondary N) is 1. The van der Waals surface area contributed by atoms with Gasteiger partial charge in [0.1, 0.15) is 7.40 Å². The molecule has 0 atom stereocenters. The lowest BCUT2D eigenvalue weighted by molar-refractivity contribution is 0.720. The molecule has 0 fully saturated rings. The maximum atomic E-state index is 6.02. The van der Waals surface area contributed by atoms with Crippen LogP contribution < -0.4 is 5.32 Å².